The highest BCUT2D eigenvalue weighted by molar-refractivity contribution is 7.27. The monoisotopic (exact) mass is 472 g/mol. The molecule has 4 N–H and O–H groups in total. The van der Waals surface area contributed by atoms with Gasteiger partial charge < -0.3 is 15.6 Å². The van der Waals surface area contributed by atoms with Gasteiger partial charge in [-0.3, -0.25) is 14.7 Å². The second-order valence-corrected chi connectivity index (χ2v) is 10.1. The second kappa shape index (κ2) is 9.41. The Kier molecular flexibility index (Phi) is 6.56. The fraction of sp³-hybridized carbons (Fsp3) is 0.185. The summed E-state index contributed by atoms with van der Waals surface area (Å²) in [5.41, 5.74) is 11.2. The largest absolute Gasteiger partial charge is 0.384 e. The SMILES string of the molecule is C[N+](C)(C)c1ccc(CNC(=O)c2cc3cc(P)ccc3n2Cc2cccc(C(=N)N)c2)cc1. The number of rotatable bonds is 7. The average Bonchev–Trinajstić information content (AvgIpc) is 3.14. The van der Waals surface area contributed by atoms with Gasteiger partial charge in [0.05, 0.1) is 21.1 Å². The number of amidine groups is 1. The lowest BCUT2D eigenvalue weighted by Gasteiger charge is -2.23. The predicted molar refractivity (Wildman–Crippen MR) is 145 cm³/mol. The zero-order chi connectivity index (χ0) is 24.5. The number of hydrogen-bond acceptors (Lipinski definition) is 2. The summed E-state index contributed by atoms with van der Waals surface area (Å²) in [7, 11) is 9.09. The van der Waals surface area contributed by atoms with Gasteiger partial charge in [0, 0.05) is 29.6 Å². The van der Waals surface area contributed by atoms with Crippen LogP contribution in [0.1, 0.15) is 27.2 Å². The molecule has 174 valence electrons. The van der Waals surface area contributed by atoms with Crippen molar-refractivity contribution in [1.29, 1.82) is 5.41 Å². The van der Waals surface area contributed by atoms with Gasteiger partial charge in [-0.05, 0) is 52.8 Å². The Labute approximate surface area is 202 Å². The number of aromatic nitrogens is 1. The van der Waals surface area contributed by atoms with Crippen LogP contribution >= 0.6 is 9.24 Å². The van der Waals surface area contributed by atoms with Gasteiger partial charge in [-0.1, -0.05) is 36.4 Å². The minimum atomic E-state index is -0.125. The number of nitrogens with one attached hydrogen (secondary N) is 2. The molecule has 0 spiro atoms. The molecule has 1 unspecified atom stereocenters. The lowest BCUT2D eigenvalue weighted by molar-refractivity contribution is 0.0942. The third-order valence-electron chi connectivity index (χ3n) is 5.90. The predicted octanol–water partition coefficient (Wildman–Crippen LogP) is 3.60. The Balaban J connectivity index is 1.61. The molecule has 0 saturated heterocycles. The van der Waals surface area contributed by atoms with Crippen molar-refractivity contribution in [2.24, 2.45) is 5.73 Å². The summed E-state index contributed by atoms with van der Waals surface area (Å²) < 4.78 is 2.77. The smallest absolute Gasteiger partial charge is 0.268 e. The summed E-state index contributed by atoms with van der Waals surface area (Å²) in [6.45, 7) is 0.953. The first-order chi connectivity index (χ1) is 16.1. The number of benzene rings is 3. The molecule has 1 heterocycles. The third kappa shape index (κ3) is 5.19. The zero-order valence-electron chi connectivity index (χ0n) is 19.8. The quantitative estimate of drug-likeness (QED) is 0.166. The molecule has 3 aromatic carbocycles. The fourth-order valence-electron chi connectivity index (χ4n) is 4.00. The standard InChI is InChI=1S/C27H30N5OP/c1-32(2,3)22-9-7-18(8-10-22)16-30-27(33)25-15-21-14-23(34)11-12-24(21)31(25)17-19-5-4-6-20(13-19)26(28)29/h4-15H,16-17,34H2,1-3H3,(H3-,28,29,30,33)/p+1. The van der Waals surface area contributed by atoms with Crippen LogP contribution in [0.3, 0.4) is 0 Å². The van der Waals surface area contributed by atoms with E-state index in [-0.39, 0.29) is 11.7 Å². The normalized spacial score (nSPS) is 11.5. The van der Waals surface area contributed by atoms with E-state index in [2.05, 4.69) is 66.0 Å². The van der Waals surface area contributed by atoms with Gasteiger partial charge >= 0.3 is 0 Å². The Hall–Kier alpha value is -3.47. The van der Waals surface area contributed by atoms with Gasteiger partial charge in [0.2, 0.25) is 0 Å². The summed E-state index contributed by atoms with van der Waals surface area (Å²) in [5, 5.41) is 12.9. The number of nitrogen functional groups attached to an aromatic ring is 1. The van der Waals surface area contributed by atoms with Crippen molar-refractivity contribution in [3.63, 3.8) is 0 Å². The molecular formula is C27H31N5OP+. The van der Waals surface area contributed by atoms with Gasteiger partial charge in [0.25, 0.3) is 5.91 Å². The van der Waals surface area contributed by atoms with Gasteiger partial charge in [0.1, 0.15) is 17.2 Å². The molecule has 4 aromatic rings. The lowest BCUT2D eigenvalue weighted by atomic mass is 10.1. The molecule has 0 fully saturated rings. The van der Waals surface area contributed by atoms with E-state index in [0.29, 0.717) is 24.3 Å². The van der Waals surface area contributed by atoms with Crippen LogP contribution < -0.4 is 20.8 Å². The van der Waals surface area contributed by atoms with Crippen molar-refractivity contribution in [1.82, 2.24) is 14.4 Å². The molecule has 0 saturated carbocycles. The van der Waals surface area contributed by atoms with E-state index in [0.717, 1.165) is 31.8 Å². The van der Waals surface area contributed by atoms with Crippen LogP contribution in [0.15, 0.2) is 72.8 Å². The third-order valence-corrected chi connectivity index (χ3v) is 6.26. The molecule has 6 nitrogen and oxygen atoms in total. The van der Waals surface area contributed by atoms with E-state index in [1.54, 1.807) is 0 Å². The Morgan fingerprint density at radius 3 is 2.41 bits per heavy atom. The maximum absolute atomic E-state index is 13.3. The van der Waals surface area contributed by atoms with E-state index in [1.165, 1.54) is 5.69 Å². The topological polar surface area (TPSA) is 83.9 Å². The maximum Gasteiger partial charge on any atom is 0.268 e. The molecule has 0 aliphatic carbocycles. The molecule has 1 atom stereocenters. The highest BCUT2D eigenvalue weighted by atomic mass is 31.0. The highest BCUT2D eigenvalue weighted by Gasteiger charge is 2.17. The minimum Gasteiger partial charge on any atom is -0.384 e. The van der Waals surface area contributed by atoms with Crippen LogP contribution in [0, 0.1) is 5.41 Å². The van der Waals surface area contributed by atoms with Crippen molar-refractivity contribution in [3.8, 4) is 0 Å². The first kappa shape index (κ1) is 23.7. The lowest BCUT2D eigenvalue weighted by Crippen LogP contribution is -2.34. The Morgan fingerprint density at radius 2 is 1.74 bits per heavy atom. The summed E-state index contributed by atoms with van der Waals surface area (Å²) >= 11 is 0. The minimum absolute atomic E-state index is 0.0288. The van der Waals surface area contributed by atoms with Crippen LogP contribution in [-0.4, -0.2) is 37.5 Å². The molecule has 0 bridgehead atoms. The molecule has 0 radical (unpaired) electrons. The van der Waals surface area contributed by atoms with Crippen molar-refractivity contribution >= 4 is 42.9 Å². The Bertz CT molecular complexity index is 1370. The van der Waals surface area contributed by atoms with E-state index < -0.39 is 0 Å². The van der Waals surface area contributed by atoms with E-state index in [1.807, 2.05) is 47.0 Å². The molecule has 7 heteroatoms. The summed E-state index contributed by atoms with van der Waals surface area (Å²) in [6.07, 6.45) is 0. The molecule has 1 amide bonds. The average molecular weight is 473 g/mol. The Morgan fingerprint density at radius 1 is 1.00 bits per heavy atom. The van der Waals surface area contributed by atoms with Crippen LogP contribution in [0.2, 0.25) is 0 Å². The van der Waals surface area contributed by atoms with Crippen molar-refractivity contribution < 1.29 is 4.79 Å². The van der Waals surface area contributed by atoms with E-state index >= 15 is 0 Å². The molecule has 1 aromatic heterocycles. The first-order valence-electron chi connectivity index (χ1n) is 11.1. The van der Waals surface area contributed by atoms with Crippen LogP contribution in [0.5, 0.6) is 0 Å². The number of hydrogen-bond donors (Lipinski definition) is 3. The van der Waals surface area contributed by atoms with Crippen molar-refractivity contribution in [2.45, 2.75) is 13.1 Å². The number of nitrogens with zero attached hydrogens (tertiary/aromatic N) is 2. The second-order valence-electron chi connectivity index (χ2n) is 9.41. The fourth-order valence-corrected chi connectivity index (χ4v) is 4.28. The molecular weight excluding hydrogens is 441 g/mol. The van der Waals surface area contributed by atoms with Crippen LogP contribution in [0.4, 0.5) is 5.69 Å². The number of amides is 1. The summed E-state index contributed by atoms with van der Waals surface area (Å²) in [4.78, 5) is 13.3. The van der Waals surface area contributed by atoms with Crippen molar-refractivity contribution in [2.75, 3.05) is 21.1 Å². The number of nitrogens with two attached hydrogens (primary N) is 1. The number of fused-ring (bicyclic) bond motifs is 1. The molecule has 0 aliphatic heterocycles. The van der Waals surface area contributed by atoms with Crippen LogP contribution in [0.25, 0.3) is 10.9 Å². The molecule has 34 heavy (non-hydrogen) atoms. The molecule has 0 aliphatic rings. The van der Waals surface area contributed by atoms with E-state index in [9.17, 15) is 4.79 Å². The zero-order valence-corrected chi connectivity index (χ0v) is 21.0. The van der Waals surface area contributed by atoms with Gasteiger partial charge in [-0.25, -0.2) is 0 Å². The van der Waals surface area contributed by atoms with E-state index in [4.69, 9.17) is 11.1 Å². The highest BCUT2D eigenvalue weighted by Crippen LogP contribution is 2.22. The van der Waals surface area contributed by atoms with Crippen molar-refractivity contribution in [3.05, 3.63) is 95.2 Å². The van der Waals surface area contributed by atoms with Crippen LogP contribution in [-0.2, 0) is 13.1 Å². The number of carbonyl (C=O) groups excluding carboxylic acids is 1. The van der Waals surface area contributed by atoms with Gasteiger partial charge in [-0.2, -0.15) is 0 Å². The number of carbonyl (C=O) groups is 1. The number of quaternary nitrogens is 1. The molecule has 4 rings (SSSR count). The first-order valence-corrected chi connectivity index (χ1v) is 11.7. The van der Waals surface area contributed by atoms with Gasteiger partial charge in [0.15, 0.2) is 0 Å². The summed E-state index contributed by atoms with van der Waals surface area (Å²) in [6, 6.07) is 24.0. The maximum atomic E-state index is 13.3. The summed E-state index contributed by atoms with van der Waals surface area (Å²) in [5.74, 6) is -0.0963. The van der Waals surface area contributed by atoms with Gasteiger partial charge in [-0.15, -0.1) is 9.24 Å².